The fourth-order valence-corrected chi connectivity index (χ4v) is 1.88. The van der Waals surface area contributed by atoms with Crippen molar-refractivity contribution in [2.24, 2.45) is 0 Å². The molecule has 0 spiro atoms. The van der Waals surface area contributed by atoms with Crippen LogP contribution in [0.4, 0.5) is 5.69 Å². The molecule has 1 aliphatic heterocycles. The molecule has 1 aromatic carbocycles. The number of fused-ring (bicyclic) bond motifs is 1. The van der Waals surface area contributed by atoms with Gasteiger partial charge in [0.25, 0.3) is 0 Å². The lowest BCUT2D eigenvalue weighted by molar-refractivity contribution is -0.116. The van der Waals surface area contributed by atoms with Crippen LogP contribution in [0.3, 0.4) is 0 Å². The molecule has 0 aliphatic carbocycles. The molecule has 0 saturated heterocycles. The smallest absolute Gasteiger partial charge is 0.238 e. The van der Waals surface area contributed by atoms with Gasteiger partial charge in [-0.05, 0) is 30.7 Å². The summed E-state index contributed by atoms with van der Waals surface area (Å²) in [6.07, 6.45) is 0.999. The Kier molecular flexibility index (Phi) is 2.73. The van der Waals surface area contributed by atoms with Gasteiger partial charge in [-0.15, -0.1) is 0 Å². The molecule has 0 unspecified atom stereocenters. The monoisotopic (exact) mass is 204 g/mol. The lowest BCUT2D eigenvalue weighted by Gasteiger charge is -2.11. The summed E-state index contributed by atoms with van der Waals surface area (Å²) in [5.74, 6) is 0.0736. The number of hydrogen-bond acceptors (Lipinski definition) is 2. The maximum absolute atomic E-state index is 11.5. The molecule has 2 rings (SSSR count). The Balaban J connectivity index is 2.37. The van der Waals surface area contributed by atoms with Crippen LogP contribution in [0.5, 0.6) is 0 Å². The Morgan fingerprint density at radius 1 is 1.40 bits per heavy atom. The van der Waals surface area contributed by atoms with Crippen molar-refractivity contribution in [3.8, 4) is 0 Å². The van der Waals surface area contributed by atoms with Gasteiger partial charge in [0.15, 0.2) is 0 Å². The third kappa shape index (κ3) is 2.18. The van der Waals surface area contributed by atoms with Crippen LogP contribution in [-0.2, 0) is 17.8 Å². The molecule has 15 heavy (non-hydrogen) atoms. The zero-order chi connectivity index (χ0) is 10.8. The maximum Gasteiger partial charge on any atom is 0.238 e. The van der Waals surface area contributed by atoms with Gasteiger partial charge in [-0.2, -0.15) is 0 Å². The van der Waals surface area contributed by atoms with Gasteiger partial charge in [-0.3, -0.25) is 9.69 Å². The second-order valence-corrected chi connectivity index (χ2v) is 4.07. The molecule has 0 aromatic heterocycles. The highest BCUT2D eigenvalue weighted by atomic mass is 16.2. The number of nitrogens with zero attached hydrogens (tertiary/aromatic N) is 1. The van der Waals surface area contributed by atoms with Crippen molar-refractivity contribution < 1.29 is 4.79 Å². The summed E-state index contributed by atoms with van der Waals surface area (Å²) in [6, 6.07) is 6.31. The number of carbonyl (C=O) groups is 1. The predicted molar refractivity (Wildman–Crippen MR) is 60.8 cm³/mol. The van der Waals surface area contributed by atoms with E-state index in [0.29, 0.717) is 6.54 Å². The fraction of sp³-hybridized carbons (Fsp3) is 0.417. The number of likely N-dealkylation sites (N-methyl/N-ethyl adjacent to an activating group) is 1. The Labute approximate surface area is 90.1 Å². The van der Waals surface area contributed by atoms with Crippen LogP contribution in [0.1, 0.15) is 18.1 Å². The molecule has 0 fully saturated rings. The van der Waals surface area contributed by atoms with E-state index < -0.39 is 0 Å². The van der Waals surface area contributed by atoms with E-state index >= 15 is 0 Å². The highest BCUT2D eigenvalue weighted by Crippen LogP contribution is 2.21. The van der Waals surface area contributed by atoms with Gasteiger partial charge in [0.05, 0.1) is 6.54 Å². The molecule has 1 aromatic rings. The average Bonchev–Trinajstić information content (AvgIpc) is 2.33. The summed E-state index contributed by atoms with van der Waals surface area (Å²) in [5, 5.41) is 2.95. The van der Waals surface area contributed by atoms with Crippen molar-refractivity contribution >= 4 is 11.6 Å². The Morgan fingerprint density at radius 3 is 2.93 bits per heavy atom. The van der Waals surface area contributed by atoms with Gasteiger partial charge < -0.3 is 5.32 Å². The molecule has 3 nitrogen and oxygen atoms in total. The molecule has 0 radical (unpaired) electrons. The molecule has 0 atom stereocenters. The topological polar surface area (TPSA) is 32.3 Å². The summed E-state index contributed by atoms with van der Waals surface area (Å²) < 4.78 is 0. The van der Waals surface area contributed by atoms with E-state index in [2.05, 4.69) is 30.4 Å². The molecule has 80 valence electrons. The quantitative estimate of drug-likeness (QED) is 0.754. The van der Waals surface area contributed by atoms with E-state index in [1.165, 1.54) is 11.1 Å². The number of rotatable bonds is 1. The minimum Gasteiger partial charge on any atom is -0.325 e. The molecule has 1 heterocycles. The maximum atomic E-state index is 11.5. The van der Waals surface area contributed by atoms with Crippen LogP contribution in [0, 0.1) is 0 Å². The molecular weight excluding hydrogens is 188 g/mol. The highest BCUT2D eigenvalue weighted by molar-refractivity contribution is 5.93. The van der Waals surface area contributed by atoms with Gasteiger partial charge in [-0.1, -0.05) is 19.1 Å². The molecule has 3 heteroatoms. The molecule has 1 aliphatic rings. The van der Waals surface area contributed by atoms with Crippen molar-refractivity contribution in [2.45, 2.75) is 19.9 Å². The predicted octanol–water partition coefficient (Wildman–Crippen LogP) is 1.63. The van der Waals surface area contributed by atoms with Gasteiger partial charge in [-0.25, -0.2) is 0 Å². The van der Waals surface area contributed by atoms with Gasteiger partial charge in [0, 0.05) is 12.2 Å². The highest BCUT2D eigenvalue weighted by Gasteiger charge is 2.16. The Bertz CT molecular complexity index is 387. The first-order valence-electron chi connectivity index (χ1n) is 5.29. The number of hydrogen-bond donors (Lipinski definition) is 1. The van der Waals surface area contributed by atoms with Crippen molar-refractivity contribution in [1.29, 1.82) is 0 Å². The number of amides is 1. The zero-order valence-corrected chi connectivity index (χ0v) is 9.21. The van der Waals surface area contributed by atoms with E-state index in [9.17, 15) is 4.79 Å². The first-order valence-corrected chi connectivity index (χ1v) is 5.29. The molecule has 1 amide bonds. The first kappa shape index (κ1) is 10.2. The summed E-state index contributed by atoms with van der Waals surface area (Å²) in [5.41, 5.74) is 3.43. The van der Waals surface area contributed by atoms with Crippen molar-refractivity contribution in [2.75, 3.05) is 18.9 Å². The first-order chi connectivity index (χ1) is 7.19. The summed E-state index contributed by atoms with van der Waals surface area (Å²) in [7, 11) is 1.96. The molecule has 1 N–H and O–H groups in total. The van der Waals surface area contributed by atoms with Crippen LogP contribution in [-0.4, -0.2) is 24.4 Å². The molecule has 0 saturated carbocycles. The fourth-order valence-electron chi connectivity index (χ4n) is 1.88. The van der Waals surface area contributed by atoms with Crippen LogP contribution < -0.4 is 5.32 Å². The average molecular weight is 204 g/mol. The number of nitrogens with one attached hydrogen (secondary N) is 1. The van der Waals surface area contributed by atoms with Crippen molar-refractivity contribution in [3.05, 3.63) is 29.3 Å². The molecule has 0 bridgehead atoms. The summed E-state index contributed by atoms with van der Waals surface area (Å²) in [6.45, 7) is 3.42. The SMILES string of the molecule is CCc1ccc2c(c1)NC(=O)CN(C)C2. The van der Waals surface area contributed by atoms with Crippen LogP contribution >= 0.6 is 0 Å². The van der Waals surface area contributed by atoms with Crippen LogP contribution in [0.25, 0.3) is 0 Å². The molecular formula is C12H16N2O. The third-order valence-electron chi connectivity index (χ3n) is 2.71. The van der Waals surface area contributed by atoms with E-state index in [0.717, 1.165) is 18.7 Å². The van der Waals surface area contributed by atoms with E-state index in [1.807, 2.05) is 11.9 Å². The standard InChI is InChI=1S/C12H16N2O/c1-3-9-4-5-10-7-14(2)8-12(15)13-11(10)6-9/h4-6H,3,7-8H2,1-2H3,(H,13,15). The summed E-state index contributed by atoms with van der Waals surface area (Å²) >= 11 is 0. The minimum atomic E-state index is 0.0736. The lowest BCUT2D eigenvalue weighted by atomic mass is 10.1. The number of aryl methyl sites for hydroxylation is 1. The van der Waals surface area contributed by atoms with Gasteiger partial charge >= 0.3 is 0 Å². The number of benzene rings is 1. The normalized spacial score (nSPS) is 16.8. The Morgan fingerprint density at radius 2 is 2.20 bits per heavy atom. The van der Waals surface area contributed by atoms with E-state index in [-0.39, 0.29) is 5.91 Å². The van der Waals surface area contributed by atoms with Gasteiger partial charge in [0.2, 0.25) is 5.91 Å². The third-order valence-corrected chi connectivity index (χ3v) is 2.71. The largest absolute Gasteiger partial charge is 0.325 e. The van der Waals surface area contributed by atoms with Crippen LogP contribution in [0.15, 0.2) is 18.2 Å². The number of anilines is 1. The van der Waals surface area contributed by atoms with E-state index in [4.69, 9.17) is 0 Å². The van der Waals surface area contributed by atoms with E-state index in [1.54, 1.807) is 0 Å². The van der Waals surface area contributed by atoms with Gasteiger partial charge in [0.1, 0.15) is 0 Å². The van der Waals surface area contributed by atoms with Crippen molar-refractivity contribution in [3.63, 3.8) is 0 Å². The minimum absolute atomic E-state index is 0.0736. The number of carbonyl (C=O) groups excluding carboxylic acids is 1. The van der Waals surface area contributed by atoms with Crippen molar-refractivity contribution in [1.82, 2.24) is 4.90 Å². The Hall–Kier alpha value is -1.35. The second kappa shape index (κ2) is 4.03. The zero-order valence-electron chi connectivity index (χ0n) is 9.21. The second-order valence-electron chi connectivity index (χ2n) is 4.07. The van der Waals surface area contributed by atoms with Crippen LogP contribution in [0.2, 0.25) is 0 Å². The lowest BCUT2D eigenvalue weighted by Crippen LogP contribution is -2.26. The summed E-state index contributed by atoms with van der Waals surface area (Å²) in [4.78, 5) is 13.5.